The smallest absolute Gasteiger partial charge is 0.243 e. The second-order valence-corrected chi connectivity index (χ2v) is 11.7. The molecule has 10 heteroatoms. The van der Waals surface area contributed by atoms with E-state index in [0.29, 0.717) is 25.2 Å². The van der Waals surface area contributed by atoms with Crippen molar-refractivity contribution in [3.8, 4) is 0 Å². The van der Waals surface area contributed by atoms with Gasteiger partial charge in [0.2, 0.25) is 26.0 Å². The van der Waals surface area contributed by atoms with E-state index < -0.39 is 20.0 Å². The molecule has 1 aliphatic rings. The Morgan fingerprint density at radius 2 is 1.41 bits per heavy atom. The second-order valence-electron chi connectivity index (χ2n) is 7.84. The molecule has 0 atom stereocenters. The molecule has 2 aromatic rings. The van der Waals surface area contributed by atoms with Crippen molar-refractivity contribution in [1.29, 1.82) is 0 Å². The Balaban J connectivity index is 1.52. The van der Waals surface area contributed by atoms with Crippen LogP contribution in [0.15, 0.2) is 53.4 Å². The molecule has 32 heavy (non-hydrogen) atoms. The van der Waals surface area contributed by atoms with Crippen LogP contribution in [-0.2, 0) is 43.6 Å². The Bertz CT molecular complexity index is 1120. The van der Waals surface area contributed by atoms with Crippen LogP contribution >= 0.6 is 0 Å². The molecule has 174 valence electrons. The Kier molecular flexibility index (Phi) is 8.05. The van der Waals surface area contributed by atoms with Crippen LogP contribution in [0.4, 0.5) is 0 Å². The average molecular weight is 480 g/mol. The van der Waals surface area contributed by atoms with Gasteiger partial charge in [-0.2, -0.15) is 4.31 Å². The van der Waals surface area contributed by atoms with E-state index in [-0.39, 0.29) is 23.0 Å². The van der Waals surface area contributed by atoms with Crippen molar-refractivity contribution in [2.75, 3.05) is 20.1 Å². The van der Waals surface area contributed by atoms with Crippen LogP contribution in [0.3, 0.4) is 0 Å². The lowest BCUT2D eigenvalue weighted by Gasteiger charge is -2.25. The fourth-order valence-electron chi connectivity index (χ4n) is 3.53. The number of carbonyl (C=O) groups excluding carboxylic acids is 1. The Hall–Kier alpha value is -2.27. The van der Waals surface area contributed by atoms with Crippen molar-refractivity contribution < 1.29 is 21.6 Å². The summed E-state index contributed by atoms with van der Waals surface area (Å²) in [5, 5.41) is 2.83. The molecule has 1 saturated heterocycles. The quantitative estimate of drug-likeness (QED) is 0.569. The molecule has 1 fully saturated rings. The lowest BCUT2D eigenvalue weighted by atomic mass is 10.1. The molecule has 2 N–H and O–H groups in total. The number of nitrogens with zero attached hydrogens (tertiary/aromatic N) is 1. The van der Waals surface area contributed by atoms with Crippen molar-refractivity contribution in [3.63, 3.8) is 0 Å². The fraction of sp³-hybridized carbons (Fsp3) is 0.409. The Labute approximate surface area is 190 Å². The highest BCUT2D eigenvalue weighted by Crippen LogP contribution is 2.21. The molecule has 0 unspecified atom stereocenters. The van der Waals surface area contributed by atoms with Gasteiger partial charge in [-0.25, -0.2) is 21.6 Å². The largest absolute Gasteiger partial charge is 0.352 e. The molecular formula is C22H29N3O5S2. The Morgan fingerprint density at radius 3 is 2.00 bits per heavy atom. The normalized spacial score (nSPS) is 15.4. The lowest BCUT2D eigenvalue weighted by molar-refractivity contribution is -0.120. The van der Waals surface area contributed by atoms with E-state index in [0.717, 1.165) is 30.4 Å². The van der Waals surface area contributed by atoms with E-state index in [9.17, 15) is 21.6 Å². The fourth-order valence-corrected chi connectivity index (χ4v) is 5.82. The first kappa shape index (κ1) is 24.4. The standard InChI is InChI=1S/C22H29N3O5S2/c1-23-31(27,28)17-20-7-5-19(6-8-20)16-24-22(26)15-18-9-11-21(12-10-18)32(29,30)25-13-3-2-4-14-25/h5-12,23H,2-4,13-17H2,1H3,(H,24,26). The van der Waals surface area contributed by atoms with E-state index >= 15 is 0 Å². The predicted octanol–water partition coefficient (Wildman–Crippen LogP) is 1.77. The van der Waals surface area contributed by atoms with Crippen LogP contribution in [0.25, 0.3) is 0 Å². The molecule has 1 heterocycles. The van der Waals surface area contributed by atoms with Gasteiger partial charge < -0.3 is 5.32 Å². The van der Waals surface area contributed by atoms with E-state index in [1.807, 2.05) is 0 Å². The number of amides is 1. The zero-order valence-corrected chi connectivity index (χ0v) is 19.7. The number of benzene rings is 2. The monoisotopic (exact) mass is 479 g/mol. The van der Waals surface area contributed by atoms with Gasteiger partial charge in [0.25, 0.3) is 0 Å². The van der Waals surface area contributed by atoms with Gasteiger partial charge >= 0.3 is 0 Å². The zero-order valence-electron chi connectivity index (χ0n) is 18.1. The minimum Gasteiger partial charge on any atom is -0.352 e. The second kappa shape index (κ2) is 10.6. The van der Waals surface area contributed by atoms with E-state index in [2.05, 4.69) is 10.0 Å². The van der Waals surface area contributed by atoms with Crippen molar-refractivity contribution in [3.05, 3.63) is 65.2 Å². The van der Waals surface area contributed by atoms with Gasteiger partial charge in [0.1, 0.15) is 0 Å². The summed E-state index contributed by atoms with van der Waals surface area (Å²) >= 11 is 0. The molecular weight excluding hydrogens is 450 g/mol. The first-order valence-electron chi connectivity index (χ1n) is 10.5. The average Bonchev–Trinajstić information content (AvgIpc) is 2.79. The summed E-state index contributed by atoms with van der Waals surface area (Å²) in [5.74, 6) is -0.280. The minimum absolute atomic E-state index is 0.0976. The number of hydrogen-bond acceptors (Lipinski definition) is 5. The van der Waals surface area contributed by atoms with Gasteiger partial charge in [-0.1, -0.05) is 42.8 Å². The summed E-state index contributed by atoms with van der Waals surface area (Å²) in [6, 6.07) is 13.5. The van der Waals surface area contributed by atoms with Crippen LogP contribution in [0.5, 0.6) is 0 Å². The maximum atomic E-state index is 12.7. The van der Waals surface area contributed by atoms with E-state index in [4.69, 9.17) is 0 Å². The molecule has 3 rings (SSSR count). The van der Waals surface area contributed by atoms with Gasteiger partial charge in [0.15, 0.2) is 0 Å². The van der Waals surface area contributed by atoms with Crippen molar-refractivity contribution in [2.24, 2.45) is 0 Å². The maximum absolute atomic E-state index is 12.7. The summed E-state index contributed by atoms with van der Waals surface area (Å²) in [6.45, 7) is 1.43. The predicted molar refractivity (Wildman–Crippen MR) is 123 cm³/mol. The Morgan fingerprint density at radius 1 is 0.844 bits per heavy atom. The molecule has 0 aromatic heterocycles. The molecule has 2 aromatic carbocycles. The molecule has 0 saturated carbocycles. The number of rotatable bonds is 9. The highest BCUT2D eigenvalue weighted by molar-refractivity contribution is 7.89. The van der Waals surface area contributed by atoms with Gasteiger partial charge in [-0.15, -0.1) is 0 Å². The number of hydrogen-bond donors (Lipinski definition) is 2. The van der Waals surface area contributed by atoms with Gasteiger partial charge in [-0.05, 0) is 48.7 Å². The molecule has 8 nitrogen and oxygen atoms in total. The van der Waals surface area contributed by atoms with Crippen molar-refractivity contribution >= 4 is 26.0 Å². The summed E-state index contributed by atoms with van der Waals surface area (Å²) in [7, 11) is -5.43. The highest BCUT2D eigenvalue weighted by atomic mass is 32.2. The van der Waals surface area contributed by atoms with Crippen molar-refractivity contribution in [1.82, 2.24) is 14.3 Å². The number of piperidine rings is 1. The molecule has 0 aliphatic carbocycles. The lowest BCUT2D eigenvalue weighted by Crippen LogP contribution is -2.35. The molecule has 0 spiro atoms. The van der Waals surface area contributed by atoms with E-state index in [1.165, 1.54) is 11.4 Å². The third-order valence-electron chi connectivity index (χ3n) is 5.42. The van der Waals surface area contributed by atoms with Crippen LogP contribution in [0.2, 0.25) is 0 Å². The van der Waals surface area contributed by atoms with Gasteiger partial charge in [0.05, 0.1) is 17.1 Å². The summed E-state index contributed by atoms with van der Waals surface area (Å²) in [6.07, 6.45) is 2.97. The third-order valence-corrected chi connectivity index (χ3v) is 8.67. The van der Waals surface area contributed by atoms with Gasteiger partial charge in [0, 0.05) is 19.6 Å². The van der Waals surface area contributed by atoms with Crippen LogP contribution < -0.4 is 10.0 Å². The minimum atomic E-state index is -3.48. The summed E-state index contributed by atoms with van der Waals surface area (Å²) in [4.78, 5) is 12.5. The summed E-state index contributed by atoms with van der Waals surface area (Å²) in [5.41, 5.74) is 2.24. The van der Waals surface area contributed by atoms with Crippen LogP contribution in [-0.4, -0.2) is 47.2 Å². The molecule has 0 radical (unpaired) electrons. The van der Waals surface area contributed by atoms with E-state index in [1.54, 1.807) is 48.5 Å². The molecule has 0 bridgehead atoms. The third kappa shape index (κ3) is 6.61. The molecule has 1 aliphatic heterocycles. The van der Waals surface area contributed by atoms with Crippen LogP contribution in [0.1, 0.15) is 36.0 Å². The van der Waals surface area contributed by atoms with Crippen LogP contribution in [0, 0.1) is 0 Å². The van der Waals surface area contributed by atoms with Gasteiger partial charge in [-0.3, -0.25) is 4.79 Å². The molecule has 1 amide bonds. The zero-order chi connectivity index (χ0) is 23.2. The first-order chi connectivity index (χ1) is 15.2. The topological polar surface area (TPSA) is 113 Å². The number of nitrogens with one attached hydrogen (secondary N) is 2. The highest BCUT2D eigenvalue weighted by Gasteiger charge is 2.25. The first-order valence-corrected chi connectivity index (χ1v) is 13.6. The van der Waals surface area contributed by atoms with Crippen molar-refractivity contribution in [2.45, 2.75) is 42.9 Å². The number of sulfonamides is 2. The maximum Gasteiger partial charge on any atom is 0.243 e. The SMILES string of the molecule is CNS(=O)(=O)Cc1ccc(CNC(=O)Cc2ccc(S(=O)(=O)N3CCCCC3)cc2)cc1. The number of carbonyl (C=O) groups is 1. The summed E-state index contributed by atoms with van der Waals surface area (Å²) < 4.78 is 52.4.